The first kappa shape index (κ1) is 11.7. The maximum Gasteiger partial charge on any atom is 0.235 e. The third-order valence-corrected chi connectivity index (χ3v) is 4.95. The zero-order valence-corrected chi connectivity index (χ0v) is 10.5. The summed E-state index contributed by atoms with van der Waals surface area (Å²) >= 11 is 0. The number of fused-ring (bicyclic) bond motifs is 1. The number of rotatable bonds is 2. The third-order valence-electron chi connectivity index (χ3n) is 2.99. The smallest absolute Gasteiger partial charge is 0.235 e. The van der Waals surface area contributed by atoms with E-state index in [0.29, 0.717) is 12.8 Å². The average Bonchev–Trinajstić information content (AvgIpc) is 2.26. The fourth-order valence-corrected chi connectivity index (χ4v) is 3.30. The van der Waals surface area contributed by atoms with Crippen LogP contribution in [0, 0.1) is 0 Å². The molecule has 16 heavy (non-hydrogen) atoms. The van der Waals surface area contributed by atoms with Crippen molar-refractivity contribution >= 4 is 19.7 Å². The Kier molecular flexibility index (Phi) is 3.13. The Morgan fingerprint density at radius 2 is 2.12 bits per heavy atom. The molecule has 1 aliphatic carbocycles. The van der Waals surface area contributed by atoms with Crippen molar-refractivity contribution in [2.24, 2.45) is 0 Å². The molecule has 0 amide bonds. The topological polar surface area (TPSA) is 43.4 Å². The minimum absolute atomic E-state index is 0.464. The van der Waals surface area contributed by atoms with Gasteiger partial charge in [0.25, 0.3) is 0 Å². The van der Waals surface area contributed by atoms with E-state index in [0.717, 1.165) is 17.7 Å². The van der Waals surface area contributed by atoms with Crippen molar-refractivity contribution in [3.8, 4) is 5.75 Å². The maximum atomic E-state index is 11.3. The van der Waals surface area contributed by atoms with Crippen LogP contribution in [0.15, 0.2) is 18.2 Å². The summed E-state index contributed by atoms with van der Waals surface area (Å²) in [6.07, 6.45) is 1.85. The SMILES string of the molecule is COc1ccc2c(c1)C[C@@H](S(=O)(=O)Cl)CC2. The monoisotopic (exact) mass is 260 g/mol. The van der Waals surface area contributed by atoms with E-state index in [9.17, 15) is 8.42 Å². The molecule has 0 saturated heterocycles. The fraction of sp³-hybridized carbons (Fsp3) is 0.455. The number of hydrogen-bond acceptors (Lipinski definition) is 3. The van der Waals surface area contributed by atoms with Gasteiger partial charge in [-0.2, -0.15) is 0 Å². The minimum atomic E-state index is -3.46. The van der Waals surface area contributed by atoms with Gasteiger partial charge in [-0.3, -0.25) is 0 Å². The molecule has 0 fully saturated rings. The van der Waals surface area contributed by atoms with Gasteiger partial charge in [0.05, 0.1) is 12.4 Å². The first-order valence-corrected chi connectivity index (χ1v) is 7.47. The number of benzene rings is 1. The van der Waals surface area contributed by atoms with Gasteiger partial charge in [0.15, 0.2) is 0 Å². The highest BCUT2D eigenvalue weighted by atomic mass is 35.7. The van der Waals surface area contributed by atoms with E-state index in [1.807, 2.05) is 18.2 Å². The van der Waals surface area contributed by atoms with Crippen molar-refractivity contribution in [2.75, 3.05) is 7.11 Å². The van der Waals surface area contributed by atoms with Gasteiger partial charge in [-0.05, 0) is 42.5 Å². The molecular formula is C11H13ClO3S. The van der Waals surface area contributed by atoms with E-state index in [-0.39, 0.29) is 0 Å². The molecule has 0 bridgehead atoms. The summed E-state index contributed by atoms with van der Waals surface area (Å²) in [6, 6.07) is 5.78. The number of hydrogen-bond donors (Lipinski definition) is 0. The summed E-state index contributed by atoms with van der Waals surface area (Å²) in [5, 5.41) is -0.464. The van der Waals surface area contributed by atoms with Crippen LogP contribution in [0.5, 0.6) is 5.75 Å². The second-order valence-corrected chi connectivity index (χ2v) is 6.88. The van der Waals surface area contributed by atoms with Crippen LogP contribution in [0.25, 0.3) is 0 Å². The number of ether oxygens (including phenoxy) is 1. The normalized spacial score (nSPS) is 20.2. The standard InChI is InChI=1S/C11H13ClO3S/c1-15-10-4-2-8-3-5-11(16(12,13)14)7-9(8)6-10/h2,4,6,11H,3,5,7H2,1H3/t11-/m0/s1. The van der Waals surface area contributed by atoms with Crippen molar-refractivity contribution in [1.82, 2.24) is 0 Å². The highest BCUT2D eigenvalue weighted by Gasteiger charge is 2.28. The Hall–Kier alpha value is -0.740. The van der Waals surface area contributed by atoms with Crippen molar-refractivity contribution in [1.29, 1.82) is 0 Å². The first-order chi connectivity index (χ1) is 7.50. The largest absolute Gasteiger partial charge is 0.497 e. The highest BCUT2D eigenvalue weighted by Crippen LogP contribution is 2.29. The zero-order chi connectivity index (χ0) is 11.8. The molecule has 0 spiro atoms. The summed E-state index contributed by atoms with van der Waals surface area (Å²) in [5.41, 5.74) is 2.22. The van der Waals surface area contributed by atoms with Gasteiger partial charge in [0.1, 0.15) is 5.75 Å². The molecule has 1 aliphatic rings. The Morgan fingerprint density at radius 3 is 2.75 bits per heavy atom. The zero-order valence-electron chi connectivity index (χ0n) is 8.94. The average molecular weight is 261 g/mol. The summed E-state index contributed by atoms with van der Waals surface area (Å²) < 4.78 is 27.7. The molecule has 88 valence electrons. The van der Waals surface area contributed by atoms with Crippen LogP contribution in [-0.4, -0.2) is 20.8 Å². The summed E-state index contributed by atoms with van der Waals surface area (Å²) in [7, 11) is 3.53. The van der Waals surface area contributed by atoms with Crippen molar-refractivity contribution < 1.29 is 13.2 Å². The lowest BCUT2D eigenvalue weighted by Crippen LogP contribution is -2.24. The van der Waals surface area contributed by atoms with E-state index in [1.54, 1.807) is 7.11 Å². The van der Waals surface area contributed by atoms with E-state index in [1.165, 1.54) is 5.56 Å². The molecule has 0 radical (unpaired) electrons. The van der Waals surface area contributed by atoms with Gasteiger partial charge in [-0.15, -0.1) is 0 Å². The number of halogens is 1. The summed E-state index contributed by atoms with van der Waals surface area (Å²) in [6.45, 7) is 0. The predicted octanol–water partition coefficient (Wildman–Crippen LogP) is 2.12. The van der Waals surface area contributed by atoms with Gasteiger partial charge in [-0.1, -0.05) is 6.07 Å². The molecule has 0 N–H and O–H groups in total. The van der Waals surface area contributed by atoms with Crippen molar-refractivity contribution in [2.45, 2.75) is 24.5 Å². The van der Waals surface area contributed by atoms with E-state index in [4.69, 9.17) is 15.4 Å². The highest BCUT2D eigenvalue weighted by molar-refractivity contribution is 8.14. The molecule has 0 heterocycles. The molecule has 0 unspecified atom stereocenters. The molecule has 5 heteroatoms. The van der Waals surface area contributed by atoms with Crippen LogP contribution >= 0.6 is 10.7 Å². The molecule has 1 aromatic carbocycles. The molecule has 0 aliphatic heterocycles. The molecule has 1 atom stereocenters. The predicted molar refractivity (Wildman–Crippen MR) is 63.6 cm³/mol. The third kappa shape index (κ3) is 2.33. The van der Waals surface area contributed by atoms with Gasteiger partial charge < -0.3 is 4.74 Å². The minimum Gasteiger partial charge on any atom is -0.497 e. The molecule has 0 aromatic heterocycles. The lowest BCUT2D eigenvalue weighted by molar-refractivity contribution is 0.413. The lowest BCUT2D eigenvalue weighted by Gasteiger charge is -2.22. The Bertz CT molecular complexity index is 496. The maximum absolute atomic E-state index is 11.3. The molecular weight excluding hydrogens is 248 g/mol. The van der Waals surface area contributed by atoms with Crippen LogP contribution in [-0.2, 0) is 21.9 Å². The quantitative estimate of drug-likeness (QED) is 0.765. The van der Waals surface area contributed by atoms with E-state index >= 15 is 0 Å². The van der Waals surface area contributed by atoms with Crippen LogP contribution < -0.4 is 4.74 Å². The van der Waals surface area contributed by atoms with Crippen molar-refractivity contribution in [3.05, 3.63) is 29.3 Å². The van der Waals surface area contributed by atoms with Crippen LogP contribution in [0.3, 0.4) is 0 Å². The number of methoxy groups -OCH3 is 1. The van der Waals surface area contributed by atoms with E-state index in [2.05, 4.69) is 0 Å². The van der Waals surface area contributed by atoms with Crippen molar-refractivity contribution in [3.63, 3.8) is 0 Å². The number of aryl methyl sites for hydroxylation is 1. The van der Waals surface area contributed by atoms with Gasteiger partial charge in [0, 0.05) is 10.7 Å². The summed E-state index contributed by atoms with van der Waals surface area (Å²) in [5.74, 6) is 0.756. The van der Waals surface area contributed by atoms with Gasteiger partial charge in [-0.25, -0.2) is 8.42 Å². The van der Waals surface area contributed by atoms with Crippen LogP contribution in [0.4, 0.5) is 0 Å². The summed E-state index contributed by atoms with van der Waals surface area (Å²) in [4.78, 5) is 0. The Balaban J connectivity index is 2.32. The second-order valence-electron chi connectivity index (χ2n) is 3.98. The molecule has 0 saturated carbocycles. The lowest BCUT2D eigenvalue weighted by atomic mass is 9.91. The van der Waals surface area contributed by atoms with Gasteiger partial charge >= 0.3 is 0 Å². The fourth-order valence-electron chi connectivity index (χ4n) is 2.07. The van der Waals surface area contributed by atoms with E-state index < -0.39 is 14.3 Å². The Labute approximate surface area is 99.8 Å². The van der Waals surface area contributed by atoms with Gasteiger partial charge in [0.2, 0.25) is 9.05 Å². The molecule has 1 aromatic rings. The molecule has 2 rings (SSSR count). The molecule has 3 nitrogen and oxygen atoms in total. The first-order valence-electron chi connectivity index (χ1n) is 5.10. The van der Waals surface area contributed by atoms with Crippen LogP contribution in [0.1, 0.15) is 17.5 Å². The van der Waals surface area contributed by atoms with Crippen LogP contribution in [0.2, 0.25) is 0 Å². The Morgan fingerprint density at radius 1 is 1.38 bits per heavy atom. The second kappa shape index (κ2) is 4.26.